The van der Waals surface area contributed by atoms with E-state index in [1.807, 2.05) is 0 Å². The minimum Gasteiger partial charge on any atom is -0.497 e. The van der Waals surface area contributed by atoms with Crippen LogP contribution >= 0.6 is 11.3 Å². The van der Waals surface area contributed by atoms with Crippen LogP contribution in [-0.4, -0.2) is 26.0 Å². The second-order valence-electron chi connectivity index (χ2n) is 5.80. The number of methoxy groups -OCH3 is 2. The number of fused-ring (bicyclic) bond motifs is 1. The molecular formula is C18H20N2O4S. The summed E-state index contributed by atoms with van der Waals surface area (Å²) in [7, 11) is 3.04. The second kappa shape index (κ2) is 7.14. The topological polar surface area (TPSA) is 90.6 Å². The first-order valence-corrected chi connectivity index (χ1v) is 8.84. The normalized spacial score (nSPS) is 13.0. The fourth-order valence-corrected chi connectivity index (χ4v) is 4.36. The molecule has 2 aromatic rings. The van der Waals surface area contributed by atoms with Gasteiger partial charge in [-0.3, -0.25) is 9.59 Å². The van der Waals surface area contributed by atoms with Gasteiger partial charge >= 0.3 is 0 Å². The lowest BCUT2D eigenvalue weighted by molar-refractivity contribution is 0.100. The molecule has 3 N–H and O–H groups in total. The molecule has 0 spiro atoms. The number of carbonyl (C=O) groups is 2. The summed E-state index contributed by atoms with van der Waals surface area (Å²) < 4.78 is 10.4. The Bertz CT molecular complexity index is 829. The number of nitrogens with one attached hydrogen (secondary N) is 1. The SMILES string of the molecule is COc1ccc(C(=O)Nc2sc3c(c2C(N)=O)CCCC3)c(OC)c1. The van der Waals surface area contributed by atoms with Gasteiger partial charge in [0, 0.05) is 10.9 Å². The van der Waals surface area contributed by atoms with E-state index in [0.717, 1.165) is 36.1 Å². The van der Waals surface area contributed by atoms with Crippen molar-refractivity contribution in [1.29, 1.82) is 0 Å². The van der Waals surface area contributed by atoms with Gasteiger partial charge < -0.3 is 20.5 Å². The predicted octanol–water partition coefficient (Wildman–Crippen LogP) is 3.00. The zero-order valence-corrected chi connectivity index (χ0v) is 15.0. The molecule has 0 saturated carbocycles. The molecule has 0 unspecified atom stereocenters. The first kappa shape index (κ1) is 17.3. The highest BCUT2D eigenvalue weighted by atomic mass is 32.1. The third kappa shape index (κ3) is 3.32. The molecule has 0 fully saturated rings. The minimum atomic E-state index is -0.503. The fourth-order valence-electron chi connectivity index (χ4n) is 3.07. The lowest BCUT2D eigenvalue weighted by atomic mass is 9.95. The van der Waals surface area contributed by atoms with E-state index in [-0.39, 0.29) is 5.91 Å². The van der Waals surface area contributed by atoms with E-state index in [4.69, 9.17) is 15.2 Å². The average Bonchev–Trinajstić information content (AvgIpc) is 2.98. The highest BCUT2D eigenvalue weighted by molar-refractivity contribution is 7.17. The number of benzene rings is 1. The van der Waals surface area contributed by atoms with Crippen molar-refractivity contribution >= 4 is 28.2 Å². The summed E-state index contributed by atoms with van der Waals surface area (Å²) in [5.41, 5.74) is 7.36. The Morgan fingerprint density at radius 3 is 2.60 bits per heavy atom. The summed E-state index contributed by atoms with van der Waals surface area (Å²) in [5.74, 6) is 0.147. The van der Waals surface area contributed by atoms with Crippen LogP contribution in [0, 0.1) is 0 Å². The lowest BCUT2D eigenvalue weighted by Gasteiger charge is -2.12. The van der Waals surface area contributed by atoms with Gasteiger partial charge in [-0.25, -0.2) is 0 Å². The fraction of sp³-hybridized carbons (Fsp3) is 0.333. The molecule has 25 heavy (non-hydrogen) atoms. The molecule has 1 heterocycles. The molecule has 0 bridgehead atoms. The standard InChI is InChI=1S/C18H20N2O4S/c1-23-10-7-8-11(13(9-10)24-2)17(22)20-18-15(16(19)21)12-5-3-4-6-14(12)25-18/h7-9H,3-6H2,1-2H3,(H2,19,21)(H,20,22). The molecule has 3 rings (SSSR count). The van der Waals surface area contributed by atoms with Crippen molar-refractivity contribution in [2.75, 3.05) is 19.5 Å². The molecule has 0 radical (unpaired) electrons. The predicted molar refractivity (Wildman–Crippen MR) is 97.0 cm³/mol. The van der Waals surface area contributed by atoms with Gasteiger partial charge in [0.2, 0.25) is 0 Å². The maximum absolute atomic E-state index is 12.7. The van der Waals surface area contributed by atoms with Gasteiger partial charge in [-0.15, -0.1) is 11.3 Å². The number of anilines is 1. The summed E-state index contributed by atoms with van der Waals surface area (Å²) in [6, 6.07) is 4.96. The Hall–Kier alpha value is -2.54. The van der Waals surface area contributed by atoms with Crippen molar-refractivity contribution in [3.8, 4) is 11.5 Å². The number of nitrogens with two attached hydrogens (primary N) is 1. The molecule has 7 heteroatoms. The first-order chi connectivity index (χ1) is 12.0. The van der Waals surface area contributed by atoms with E-state index in [1.54, 1.807) is 25.3 Å². The van der Waals surface area contributed by atoms with E-state index in [1.165, 1.54) is 18.4 Å². The quantitative estimate of drug-likeness (QED) is 0.857. The van der Waals surface area contributed by atoms with Crippen molar-refractivity contribution in [3.05, 3.63) is 39.8 Å². The smallest absolute Gasteiger partial charge is 0.260 e. The van der Waals surface area contributed by atoms with Crippen LogP contribution in [0.5, 0.6) is 11.5 Å². The van der Waals surface area contributed by atoms with E-state index in [2.05, 4.69) is 5.32 Å². The summed E-state index contributed by atoms with van der Waals surface area (Å²) in [5, 5.41) is 3.35. The van der Waals surface area contributed by atoms with Crippen LogP contribution in [0.15, 0.2) is 18.2 Å². The number of hydrogen-bond acceptors (Lipinski definition) is 5. The van der Waals surface area contributed by atoms with Crippen LogP contribution in [0.25, 0.3) is 0 Å². The van der Waals surface area contributed by atoms with E-state index in [0.29, 0.717) is 27.6 Å². The molecule has 2 amide bonds. The zero-order valence-electron chi connectivity index (χ0n) is 14.2. The summed E-state index contributed by atoms with van der Waals surface area (Å²) >= 11 is 1.44. The molecule has 1 aliphatic carbocycles. The van der Waals surface area contributed by atoms with Crippen LogP contribution in [0.3, 0.4) is 0 Å². The third-order valence-electron chi connectivity index (χ3n) is 4.30. The molecule has 132 valence electrons. The van der Waals surface area contributed by atoms with Crippen molar-refractivity contribution in [2.24, 2.45) is 5.73 Å². The Labute approximate surface area is 149 Å². The van der Waals surface area contributed by atoms with Crippen molar-refractivity contribution in [3.63, 3.8) is 0 Å². The number of ether oxygens (including phenoxy) is 2. The van der Waals surface area contributed by atoms with Crippen LogP contribution in [-0.2, 0) is 12.8 Å². The van der Waals surface area contributed by atoms with Crippen LogP contribution in [0.4, 0.5) is 5.00 Å². The number of hydrogen-bond donors (Lipinski definition) is 2. The van der Waals surface area contributed by atoms with E-state index in [9.17, 15) is 9.59 Å². The summed E-state index contributed by atoms with van der Waals surface area (Å²) in [4.78, 5) is 25.8. The number of thiophene rings is 1. The highest BCUT2D eigenvalue weighted by Crippen LogP contribution is 2.38. The van der Waals surface area contributed by atoms with Crippen LogP contribution < -0.4 is 20.5 Å². The number of carbonyl (C=O) groups excluding carboxylic acids is 2. The second-order valence-corrected chi connectivity index (χ2v) is 6.90. The molecule has 1 aromatic carbocycles. The first-order valence-electron chi connectivity index (χ1n) is 8.03. The highest BCUT2D eigenvalue weighted by Gasteiger charge is 2.25. The zero-order chi connectivity index (χ0) is 18.0. The molecule has 0 saturated heterocycles. The third-order valence-corrected chi connectivity index (χ3v) is 5.51. The van der Waals surface area contributed by atoms with E-state index < -0.39 is 5.91 Å². The number of rotatable bonds is 5. The maximum Gasteiger partial charge on any atom is 0.260 e. The minimum absolute atomic E-state index is 0.347. The van der Waals surface area contributed by atoms with Gasteiger partial charge in [0.25, 0.3) is 11.8 Å². The molecule has 1 aliphatic rings. The van der Waals surface area contributed by atoms with Crippen molar-refractivity contribution in [2.45, 2.75) is 25.7 Å². The Morgan fingerprint density at radius 2 is 1.92 bits per heavy atom. The lowest BCUT2D eigenvalue weighted by Crippen LogP contribution is -2.19. The summed E-state index contributed by atoms with van der Waals surface area (Å²) in [6.07, 6.45) is 3.86. The van der Waals surface area contributed by atoms with Crippen molar-refractivity contribution < 1.29 is 19.1 Å². The summed E-state index contributed by atoms with van der Waals surface area (Å²) in [6.45, 7) is 0. The van der Waals surface area contributed by atoms with Gasteiger partial charge in [-0.05, 0) is 43.4 Å². The molecular weight excluding hydrogens is 340 g/mol. The van der Waals surface area contributed by atoms with Gasteiger partial charge in [0.15, 0.2) is 0 Å². The van der Waals surface area contributed by atoms with Gasteiger partial charge in [0.05, 0.1) is 25.3 Å². The number of aryl methyl sites for hydroxylation is 1. The molecule has 6 nitrogen and oxygen atoms in total. The van der Waals surface area contributed by atoms with E-state index >= 15 is 0 Å². The largest absolute Gasteiger partial charge is 0.497 e. The molecule has 1 aromatic heterocycles. The average molecular weight is 360 g/mol. The van der Waals surface area contributed by atoms with Gasteiger partial charge in [-0.1, -0.05) is 0 Å². The number of amides is 2. The van der Waals surface area contributed by atoms with Gasteiger partial charge in [-0.2, -0.15) is 0 Å². The Morgan fingerprint density at radius 1 is 1.16 bits per heavy atom. The monoisotopic (exact) mass is 360 g/mol. The molecule has 0 atom stereocenters. The van der Waals surface area contributed by atoms with Crippen LogP contribution in [0.1, 0.15) is 44.0 Å². The Balaban J connectivity index is 1.94. The van der Waals surface area contributed by atoms with Crippen LogP contribution in [0.2, 0.25) is 0 Å². The maximum atomic E-state index is 12.7. The number of primary amides is 1. The molecule has 0 aliphatic heterocycles. The Kier molecular flexibility index (Phi) is 4.94. The van der Waals surface area contributed by atoms with Crippen molar-refractivity contribution in [1.82, 2.24) is 0 Å². The van der Waals surface area contributed by atoms with Gasteiger partial charge in [0.1, 0.15) is 16.5 Å².